The largest absolute Gasteiger partial charge is 0.586 e. The summed E-state index contributed by atoms with van der Waals surface area (Å²) in [5.74, 6) is -2.67. The molecule has 3 aromatic rings. The predicted octanol–water partition coefficient (Wildman–Crippen LogP) is 6.03. The maximum absolute atomic E-state index is 14.1. The fourth-order valence-electron chi connectivity index (χ4n) is 7.13. The first-order chi connectivity index (χ1) is 24.0. The molecule has 2 N–H and O–H groups in total. The van der Waals surface area contributed by atoms with E-state index in [1.54, 1.807) is 12.1 Å². The van der Waals surface area contributed by atoms with E-state index in [2.05, 4.69) is 20.1 Å². The van der Waals surface area contributed by atoms with Crippen LogP contribution in [-0.4, -0.2) is 80.3 Å². The van der Waals surface area contributed by atoms with Crippen LogP contribution in [0.3, 0.4) is 0 Å². The first-order valence-corrected chi connectivity index (χ1v) is 16.9. The Kier molecular flexibility index (Phi) is 8.28. The number of carbonyl (C=O) groups excluding carboxylic acids is 3. The molecule has 2 bridgehead atoms. The second-order valence-electron chi connectivity index (χ2n) is 13.5. The number of carbonyl (C=O) groups is 3. The Morgan fingerprint density at radius 3 is 2.22 bits per heavy atom. The van der Waals surface area contributed by atoms with Crippen molar-refractivity contribution in [2.75, 3.05) is 44.1 Å². The summed E-state index contributed by atoms with van der Waals surface area (Å²) in [6, 6.07) is 5.22. The summed E-state index contributed by atoms with van der Waals surface area (Å²) in [6.45, 7) is 2.46. The van der Waals surface area contributed by atoms with Gasteiger partial charge in [-0.2, -0.15) is 13.2 Å². The van der Waals surface area contributed by atoms with Crippen molar-refractivity contribution in [1.29, 1.82) is 0 Å². The van der Waals surface area contributed by atoms with E-state index in [4.69, 9.17) is 19.2 Å². The maximum atomic E-state index is 14.1. The SMILES string of the molecule is COC(=O)C1(C)CCN(c2nc3ccc(OC)c(C(=O)Nc4cc5c(cc4C(=O)NC46CCC(C(F)(F)F)(CC4)OC6)OC(F)(F)O5)c3s2)CC1. The number of hydrogen-bond donors (Lipinski definition) is 2. The highest BCUT2D eigenvalue weighted by Crippen LogP contribution is 2.52. The van der Waals surface area contributed by atoms with Crippen molar-refractivity contribution in [3.05, 3.63) is 35.4 Å². The van der Waals surface area contributed by atoms with Crippen LogP contribution in [0.15, 0.2) is 24.3 Å². The molecule has 1 saturated carbocycles. The summed E-state index contributed by atoms with van der Waals surface area (Å²) in [5.41, 5.74) is -4.07. The number of fused-ring (bicyclic) bond motifs is 5. The minimum Gasteiger partial charge on any atom is -0.496 e. The number of alkyl halides is 5. The molecule has 1 aromatic heterocycles. The molecule has 0 atom stereocenters. The Labute approximate surface area is 291 Å². The Bertz CT molecular complexity index is 1900. The van der Waals surface area contributed by atoms with Crippen LogP contribution < -0.4 is 29.7 Å². The Balaban J connectivity index is 1.18. The lowest BCUT2D eigenvalue weighted by atomic mass is 9.70. The van der Waals surface area contributed by atoms with Crippen molar-refractivity contribution in [2.24, 2.45) is 5.41 Å². The second-order valence-corrected chi connectivity index (χ2v) is 14.5. The zero-order valence-corrected chi connectivity index (χ0v) is 28.4. The molecule has 5 heterocycles. The highest BCUT2D eigenvalue weighted by molar-refractivity contribution is 7.22. The van der Waals surface area contributed by atoms with Gasteiger partial charge in [0.05, 0.1) is 53.2 Å². The van der Waals surface area contributed by atoms with Gasteiger partial charge in [-0.1, -0.05) is 11.3 Å². The molecule has 0 spiro atoms. The molecule has 0 radical (unpaired) electrons. The minimum atomic E-state index is -4.58. The average molecular weight is 741 g/mol. The fraction of sp³-hybridized carbons (Fsp3) is 0.515. The lowest BCUT2D eigenvalue weighted by molar-refractivity contribution is -0.317. The van der Waals surface area contributed by atoms with Crippen LogP contribution in [0.5, 0.6) is 17.2 Å². The predicted molar refractivity (Wildman–Crippen MR) is 172 cm³/mol. The van der Waals surface area contributed by atoms with Gasteiger partial charge in [-0.05, 0) is 63.6 Å². The van der Waals surface area contributed by atoms with Gasteiger partial charge in [0.15, 0.2) is 22.2 Å². The number of anilines is 2. The van der Waals surface area contributed by atoms with Crippen LogP contribution in [0.2, 0.25) is 0 Å². The number of aromatic nitrogens is 1. The summed E-state index contributed by atoms with van der Waals surface area (Å²) >= 11 is 1.22. The van der Waals surface area contributed by atoms with E-state index in [0.29, 0.717) is 41.3 Å². The third-order valence-electron chi connectivity index (χ3n) is 10.3. The summed E-state index contributed by atoms with van der Waals surface area (Å²) in [7, 11) is 2.72. The zero-order valence-electron chi connectivity index (χ0n) is 27.6. The van der Waals surface area contributed by atoms with Gasteiger partial charge in [-0.15, -0.1) is 8.78 Å². The smallest absolute Gasteiger partial charge is 0.496 e. The zero-order chi connectivity index (χ0) is 36.6. The van der Waals surface area contributed by atoms with Crippen LogP contribution in [0.4, 0.5) is 32.8 Å². The fourth-order valence-corrected chi connectivity index (χ4v) is 8.28. The van der Waals surface area contributed by atoms with Crippen molar-refractivity contribution in [3.8, 4) is 17.2 Å². The Hall–Kier alpha value is -4.45. The number of rotatable bonds is 7. The molecule has 3 saturated heterocycles. The number of esters is 1. The lowest BCUT2D eigenvalue weighted by Gasteiger charge is -2.53. The number of amides is 2. The van der Waals surface area contributed by atoms with E-state index in [-0.39, 0.29) is 54.2 Å². The number of methoxy groups -OCH3 is 2. The van der Waals surface area contributed by atoms with Crippen molar-refractivity contribution in [2.45, 2.75) is 69.1 Å². The van der Waals surface area contributed by atoms with E-state index in [0.717, 1.165) is 12.1 Å². The highest BCUT2D eigenvalue weighted by Gasteiger charge is 2.63. The summed E-state index contributed by atoms with van der Waals surface area (Å²) < 4.78 is 94.7. The Morgan fingerprint density at radius 2 is 1.63 bits per heavy atom. The van der Waals surface area contributed by atoms with Crippen molar-refractivity contribution in [3.63, 3.8) is 0 Å². The third kappa shape index (κ3) is 6.04. The summed E-state index contributed by atoms with van der Waals surface area (Å²) in [4.78, 5) is 46.9. The highest BCUT2D eigenvalue weighted by atomic mass is 32.1. The van der Waals surface area contributed by atoms with Crippen molar-refractivity contribution < 1.29 is 60.0 Å². The molecular weight excluding hydrogens is 707 g/mol. The molecule has 8 rings (SSSR count). The maximum Gasteiger partial charge on any atom is 0.586 e. The summed E-state index contributed by atoms with van der Waals surface area (Å²) in [5, 5.41) is 5.97. The van der Waals surface area contributed by atoms with Crippen LogP contribution >= 0.6 is 11.3 Å². The molecule has 2 aromatic carbocycles. The average Bonchev–Trinajstić information content (AvgIpc) is 3.66. The summed E-state index contributed by atoms with van der Waals surface area (Å²) in [6.07, 6.45) is -8.37. The van der Waals surface area contributed by atoms with Crippen LogP contribution in [0, 0.1) is 5.41 Å². The number of thiazole rings is 1. The quantitative estimate of drug-likeness (QED) is 0.218. The van der Waals surface area contributed by atoms with Gasteiger partial charge < -0.3 is 39.2 Å². The molecule has 0 unspecified atom stereocenters. The minimum absolute atomic E-state index is 0.0333. The topological polar surface area (TPSA) is 138 Å². The molecule has 4 aliphatic heterocycles. The van der Waals surface area contributed by atoms with E-state index in [1.165, 1.54) is 25.6 Å². The third-order valence-corrected chi connectivity index (χ3v) is 11.5. The van der Waals surface area contributed by atoms with Crippen LogP contribution in [-0.2, 0) is 14.3 Å². The molecule has 4 fully saturated rings. The normalized spacial score (nSPS) is 24.7. The molecule has 51 heavy (non-hydrogen) atoms. The van der Waals surface area contributed by atoms with Gasteiger partial charge in [0.25, 0.3) is 11.8 Å². The molecule has 2 amide bonds. The van der Waals surface area contributed by atoms with Crippen molar-refractivity contribution >= 4 is 50.2 Å². The number of nitrogens with one attached hydrogen (secondary N) is 2. The number of piperidine rings is 1. The van der Waals surface area contributed by atoms with Gasteiger partial charge in [-0.25, -0.2) is 4.98 Å². The van der Waals surface area contributed by atoms with Gasteiger partial charge in [-0.3, -0.25) is 14.4 Å². The first-order valence-electron chi connectivity index (χ1n) is 16.1. The lowest BCUT2D eigenvalue weighted by Crippen LogP contribution is -2.66. The number of hydrogen-bond acceptors (Lipinski definition) is 11. The van der Waals surface area contributed by atoms with E-state index < -0.39 is 58.9 Å². The van der Waals surface area contributed by atoms with Gasteiger partial charge in [0, 0.05) is 19.2 Å². The van der Waals surface area contributed by atoms with Gasteiger partial charge in [0.2, 0.25) is 0 Å². The standard InChI is InChI=1S/C33H33F5N4O8S/c1-29(27(45)47-3)10-12-42(13-11-29)28-40-18-4-5-20(46-2)23(24(18)51-28)26(44)39-19-15-22-21(49-33(37,38)50-22)14-17(19)25(43)41-30-6-8-31(9-7-30,48-16-30)32(34,35)36/h4-5,14-15H,6-13,16H2,1-3H3,(H,39,44)(H,41,43). The van der Waals surface area contributed by atoms with Gasteiger partial charge in [0.1, 0.15) is 11.3 Å². The molecule has 1 aliphatic carbocycles. The number of halogens is 5. The Morgan fingerprint density at radius 1 is 0.961 bits per heavy atom. The number of ether oxygens (including phenoxy) is 5. The van der Waals surface area contributed by atoms with E-state index >= 15 is 0 Å². The molecule has 12 nitrogen and oxygen atoms in total. The number of benzene rings is 2. The van der Waals surface area contributed by atoms with Crippen LogP contribution in [0.25, 0.3) is 10.2 Å². The molecule has 274 valence electrons. The monoisotopic (exact) mass is 740 g/mol. The number of nitrogens with zero attached hydrogens (tertiary/aromatic N) is 2. The van der Waals surface area contributed by atoms with E-state index in [1.807, 2.05) is 11.8 Å². The van der Waals surface area contributed by atoms with E-state index in [9.17, 15) is 36.3 Å². The first kappa shape index (κ1) is 35.0. The molecular formula is C33H33F5N4O8S. The van der Waals surface area contributed by atoms with Crippen molar-refractivity contribution in [1.82, 2.24) is 10.3 Å². The second kappa shape index (κ2) is 12.1. The molecule has 18 heteroatoms. The van der Waals surface area contributed by atoms with Gasteiger partial charge >= 0.3 is 18.4 Å². The van der Waals surface area contributed by atoms with Crippen LogP contribution in [0.1, 0.15) is 66.2 Å². The molecule has 5 aliphatic rings.